The first-order chi connectivity index (χ1) is 13.2. The molecule has 27 heavy (non-hydrogen) atoms. The Balaban J connectivity index is 1.40. The number of furan rings is 1. The topological polar surface area (TPSA) is 45.5 Å². The minimum Gasteiger partial charge on any atom is -0.464 e. The number of aryl methyl sites for hydroxylation is 1. The standard InChI is InChI=1S/C22H24N2O2S/c1-16-5-6-20-18(15-26-21(20)11-16)13-22(25)23-19-4-2-3-17(12-19)14-24-7-9-27-10-8-24/h2-6,11-12,15H,7-10,13-14H2,1H3,(H,23,25). The third kappa shape index (κ3) is 4.54. The van der Waals surface area contributed by atoms with Crippen molar-refractivity contribution in [1.82, 2.24) is 4.90 Å². The Morgan fingerprint density at radius 3 is 2.89 bits per heavy atom. The molecule has 5 heteroatoms. The van der Waals surface area contributed by atoms with Crippen LogP contribution in [0.2, 0.25) is 0 Å². The van der Waals surface area contributed by atoms with Gasteiger partial charge in [0.05, 0.1) is 12.7 Å². The number of thioether (sulfide) groups is 1. The summed E-state index contributed by atoms with van der Waals surface area (Å²) in [4.78, 5) is 15.0. The van der Waals surface area contributed by atoms with E-state index in [4.69, 9.17) is 4.42 Å². The number of carbonyl (C=O) groups excluding carboxylic acids is 1. The molecular weight excluding hydrogens is 356 g/mol. The lowest BCUT2D eigenvalue weighted by atomic mass is 10.1. The van der Waals surface area contributed by atoms with Crippen LogP contribution in [0.1, 0.15) is 16.7 Å². The van der Waals surface area contributed by atoms with Crippen LogP contribution in [0.5, 0.6) is 0 Å². The summed E-state index contributed by atoms with van der Waals surface area (Å²) in [6, 6.07) is 14.2. The first-order valence-electron chi connectivity index (χ1n) is 9.33. The number of amides is 1. The van der Waals surface area contributed by atoms with Gasteiger partial charge in [-0.25, -0.2) is 0 Å². The molecule has 1 amide bonds. The Labute approximate surface area is 163 Å². The summed E-state index contributed by atoms with van der Waals surface area (Å²) in [6.07, 6.45) is 2.00. The van der Waals surface area contributed by atoms with Crippen LogP contribution in [0.25, 0.3) is 11.0 Å². The van der Waals surface area contributed by atoms with Crippen molar-refractivity contribution >= 4 is 34.3 Å². The highest BCUT2D eigenvalue weighted by atomic mass is 32.2. The lowest BCUT2D eigenvalue weighted by Gasteiger charge is -2.26. The molecule has 0 bridgehead atoms. The molecule has 0 radical (unpaired) electrons. The second kappa shape index (κ2) is 8.19. The summed E-state index contributed by atoms with van der Waals surface area (Å²) >= 11 is 2.02. The average Bonchev–Trinajstić information content (AvgIpc) is 3.04. The van der Waals surface area contributed by atoms with E-state index in [1.165, 1.54) is 17.1 Å². The Bertz CT molecular complexity index is 944. The molecule has 1 saturated heterocycles. The third-order valence-corrected chi connectivity index (χ3v) is 5.83. The van der Waals surface area contributed by atoms with Crippen molar-refractivity contribution in [3.8, 4) is 0 Å². The molecule has 0 spiro atoms. The Morgan fingerprint density at radius 2 is 2.04 bits per heavy atom. The van der Waals surface area contributed by atoms with E-state index < -0.39 is 0 Å². The maximum atomic E-state index is 12.5. The number of benzene rings is 2. The van der Waals surface area contributed by atoms with E-state index >= 15 is 0 Å². The van der Waals surface area contributed by atoms with Gasteiger partial charge in [-0.05, 0) is 36.2 Å². The van der Waals surface area contributed by atoms with Gasteiger partial charge in [0.15, 0.2) is 0 Å². The van der Waals surface area contributed by atoms with Crippen molar-refractivity contribution in [3.05, 3.63) is 65.4 Å². The van der Waals surface area contributed by atoms with Crippen LogP contribution < -0.4 is 5.32 Å². The van der Waals surface area contributed by atoms with Crippen LogP contribution in [-0.4, -0.2) is 35.4 Å². The smallest absolute Gasteiger partial charge is 0.228 e. The zero-order valence-corrected chi connectivity index (χ0v) is 16.3. The highest BCUT2D eigenvalue weighted by molar-refractivity contribution is 7.99. The van der Waals surface area contributed by atoms with E-state index in [0.29, 0.717) is 6.42 Å². The number of hydrogen-bond donors (Lipinski definition) is 1. The van der Waals surface area contributed by atoms with E-state index in [1.54, 1.807) is 6.26 Å². The van der Waals surface area contributed by atoms with Gasteiger partial charge in [0.2, 0.25) is 5.91 Å². The van der Waals surface area contributed by atoms with Gasteiger partial charge in [-0.1, -0.05) is 24.3 Å². The quantitative estimate of drug-likeness (QED) is 0.709. The van der Waals surface area contributed by atoms with E-state index in [-0.39, 0.29) is 5.91 Å². The van der Waals surface area contributed by atoms with Gasteiger partial charge in [-0.3, -0.25) is 9.69 Å². The number of carbonyl (C=O) groups is 1. The predicted molar refractivity (Wildman–Crippen MR) is 112 cm³/mol. The molecule has 3 aromatic rings. The summed E-state index contributed by atoms with van der Waals surface area (Å²) in [5.41, 5.74) is 5.00. The third-order valence-electron chi connectivity index (χ3n) is 4.88. The van der Waals surface area contributed by atoms with Gasteiger partial charge in [0.1, 0.15) is 5.58 Å². The van der Waals surface area contributed by atoms with Gasteiger partial charge in [-0.2, -0.15) is 11.8 Å². The van der Waals surface area contributed by atoms with Crippen molar-refractivity contribution in [2.45, 2.75) is 19.9 Å². The summed E-state index contributed by atoms with van der Waals surface area (Å²) in [5, 5.41) is 4.04. The van der Waals surface area contributed by atoms with Crippen molar-refractivity contribution in [2.24, 2.45) is 0 Å². The summed E-state index contributed by atoms with van der Waals surface area (Å²) < 4.78 is 5.60. The molecule has 0 saturated carbocycles. The highest BCUT2D eigenvalue weighted by Gasteiger charge is 2.13. The number of nitrogens with zero attached hydrogens (tertiary/aromatic N) is 1. The highest BCUT2D eigenvalue weighted by Crippen LogP contribution is 2.23. The van der Waals surface area contributed by atoms with Crippen LogP contribution in [0.4, 0.5) is 5.69 Å². The van der Waals surface area contributed by atoms with E-state index in [0.717, 1.165) is 47.4 Å². The van der Waals surface area contributed by atoms with Gasteiger partial charge in [-0.15, -0.1) is 0 Å². The molecular formula is C22H24N2O2S. The molecule has 1 aliphatic heterocycles. The molecule has 2 aromatic carbocycles. The Kier molecular flexibility index (Phi) is 5.50. The fourth-order valence-corrected chi connectivity index (χ4v) is 4.45. The Morgan fingerprint density at radius 1 is 1.19 bits per heavy atom. The zero-order chi connectivity index (χ0) is 18.6. The molecule has 1 N–H and O–H groups in total. The van der Waals surface area contributed by atoms with Crippen LogP contribution in [0.15, 0.2) is 53.1 Å². The molecule has 4 nitrogen and oxygen atoms in total. The van der Waals surface area contributed by atoms with Crippen LogP contribution >= 0.6 is 11.8 Å². The number of hydrogen-bond acceptors (Lipinski definition) is 4. The maximum absolute atomic E-state index is 12.5. The number of rotatable bonds is 5. The van der Waals surface area contributed by atoms with E-state index in [9.17, 15) is 4.79 Å². The summed E-state index contributed by atoms with van der Waals surface area (Å²) in [6.45, 7) is 5.24. The molecule has 140 valence electrons. The molecule has 0 aliphatic carbocycles. The van der Waals surface area contributed by atoms with Crippen molar-refractivity contribution in [3.63, 3.8) is 0 Å². The van der Waals surface area contributed by atoms with Crippen molar-refractivity contribution < 1.29 is 9.21 Å². The average molecular weight is 381 g/mol. The van der Waals surface area contributed by atoms with Crippen LogP contribution in [0, 0.1) is 6.92 Å². The molecule has 2 heterocycles. The fraction of sp³-hybridized carbons (Fsp3) is 0.318. The van der Waals surface area contributed by atoms with Gasteiger partial charge in [0.25, 0.3) is 0 Å². The molecule has 1 aliphatic rings. The number of nitrogens with one attached hydrogen (secondary N) is 1. The van der Waals surface area contributed by atoms with Crippen molar-refractivity contribution in [2.75, 3.05) is 29.9 Å². The lowest BCUT2D eigenvalue weighted by Crippen LogP contribution is -2.31. The number of anilines is 1. The largest absolute Gasteiger partial charge is 0.464 e. The predicted octanol–water partition coefficient (Wildman–Crippen LogP) is 4.47. The van der Waals surface area contributed by atoms with E-state index in [1.807, 2.05) is 49.0 Å². The minimum absolute atomic E-state index is 0.0233. The first kappa shape index (κ1) is 18.1. The van der Waals surface area contributed by atoms with Crippen LogP contribution in [0.3, 0.4) is 0 Å². The molecule has 1 fully saturated rings. The van der Waals surface area contributed by atoms with Gasteiger partial charge in [0, 0.05) is 47.8 Å². The first-order valence-corrected chi connectivity index (χ1v) is 10.5. The molecule has 0 unspecified atom stereocenters. The summed E-state index contributed by atoms with van der Waals surface area (Å²) in [7, 11) is 0. The zero-order valence-electron chi connectivity index (χ0n) is 15.5. The van der Waals surface area contributed by atoms with Gasteiger partial charge < -0.3 is 9.73 Å². The SMILES string of the molecule is Cc1ccc2c(CC(=O)Nc3cccc(CN4CCSCC4)c3)coc2c1. The fourth-order valence-electron chi connectivity index (χ4n) is 3.47. The second-order valence-corrected chi connectivity index (χ2v) is 8.30. The van der Waals surface area contributed by atoms with E-state index in [2.05, 4.69) is 22.3 Å². The Hall–Kier alpha value is -2.24. The maximum Gasteiger partial charge on any atom is 0.228 e. The van der Waals surface area contributed by atoms with Crippen molar-refractivity contribution in [1.29, 1.82) is 0 Å². The molecule has 4 rings (SSSR count). The summed E-state index contributed by atoms with van der Waals surface area (Å²) in [5.74, 6) is 2.38. The second-order valence-electron chi connectivity index (χ2n) is 7.07. The van der Waals surface area contributed by atoms with Gasteiger partial charge >= 0.3 is 0 Å². The lowest BCUT2D eigenvalue weighted by molar-refractivity contribution is -0.115. The minimum atomic E-state index is -0.0233. The number of fused-ring (bicyclic) bond motifs is 1. The molecule has 1 aromatic heterocycles. The normalized spacial score (nSPS) is 15.1. The monoisotopic (exact) mass is 380 g/mol. The molecule has 0 atom stereocenters. The van der Waals surface area contributed by atoms with Crippen LogP contribution in [-0.2, 0) is 17.8 Å².